The molecule has 0 aliphatic carbocycles. The molecule has 0 aliphatic heterocycles. The highest BCUT2D eigenvalue weighted by molar-refractivity contribution is 6.42. The van der Waals surface area contributed by atoms with E-state index in [0.717, 1.165) is 5.56 Å². The van der Waals surface area contributed by atoms with Gasteiger partial charge in [-0.15, -0.1) is 0 Å². The Bertz CT molecular complexity index is 772. The van der Waals surface area contributed by atoms with Gasteiger partial charge in [-0.05, 0) is 23.8 Å². The number of rotatable bonds is 10. The van der Waals surface area contributed by atoms with Gasteiger partial charge in [-0.25, -0.2) is 0 Å². The first-order valence-corrected chi connectivity index (χ1v) is 9.17. The standard InChI is InChI=1S/C19H21Cl2N3O3/c20-15-7-6-14(10-16(15)21)24-18(25)11-17(19(26)27)23-9-8-22-12-13-4-2-1-3-5-13/h1-7,10,17,22-23H,8-9,11-12H2,(H,24,25)(H,26,27)/t17-/m0/s1. The van der Waals surface area contributed by atoms with Crippen molar-refractivity contribution in [3.8, 4) is 0 Å². The predicted molar refractivity (Wildman–Crippen MR) is 107 cm³/mol. The molecule has 0 spiro atoms. The van der Waals surface area contributed by atoms with Gasteiger partial charge in [0, 0.05) is 25.3 Å². The van der Waals surface area contributed by atoms with Gasteiger partial charge in [-0.2, -0.15) is 0 Å². The van der Waals surface area contributed by atoms with Crippen LogP contribution in [-0.4, -0.2) is 36.1 Å². The highest BCUT2D eigenvalue weighted by Crippen LogP contribution is 2.25. The quantitative estimate of drug-likeness (QED) is 0.452. The van der Waals surface area contributed by atoms with Crippen LogP contribution in [-0.2, 0) is 16.1 Å². The van der Waals surface area contributed by atoms with Gasteiger partial charge >= 0.3 is 5.97 Å². The van der Waals surface area contributed by atoms with Gasteiger partial charge in [-0.3, -0.25) is 9.59 Å². The molecule has 0 heterocycles. The second kappa shape index (κ2) is 10.9. The molecule has 0 aliphatic rings. The number of hydrogen-bond donors (Lipinski definition) is 4. The number of nitrogens with one attached hydrogen (secondary N) is 3. The molecular formula is C19H21Cl2N3O3. The molecule has 6 nitrogen and oxygen atoms in total. The fraction of sp³-hybridized carbons (Fsp3) is 0.263. The Balaban J connectivity index is 1.74. The lowest BCUT2D eigenvalue weighted by Crippen LogP contribution is -2.42. The second-order valence-corrected chi connectivity index (χ2v) is 6.70. The smallest absolute Gasteiger partial charge is 0.321 e. The molecule has 27 heavy (non-hydrogen) atoms. The third kappa shape index (κ3) is 7.56. The maximum atomic E-state index is 12.1. The fourth-order valence-corrected chi connectivity index (χ4v) is 2.68. The number of benzene rings is 2. The van der Waals surface area contributed by atoms with E-state index < -0.39 is 17.9 Å². The van der Waals surface area contributed by atoms with Crippen molar-refractivity contribution in [2.45, 2.75) is 19.0 Å². The van der Waals surface area contributed by atoms with Crippen LogP contribution in [0, 0.1) is 0 Å². The van der Waals surface area contributed by atoms with Gasteiger partial charge in [0.1, 0.15) is 6.04 Å². The Kier molecular flexibility index (Phi) is 8.54. The molecule has 144 valence electrons. The molecule has 0 aromatic heterocycles. The summed E-state index contributed by atoms with van der Waals surface area (Å²) in [5.74, 6) is -1.51. The molecule has 0 fully saturated rings. The van der Waals surface area contributed by atoms with Crippen molar-refractivity contribution in [1.82, 2.24) is 10.6 Å². The van der Waals surface area contributed by atoms with Crippen molar-refractivity contribution < 1.29 is 14.7 Å². The molecule has 2 aromatic rings. The lowest BCUT2D eigenvalue weighted by molar-refractivity contribution is -0.141. The van der Waals surface area contributed by atoms with Crippen molar-refractivity contribution >= 4 is 40.8 Å². The summed E-state index contributed by atoms with van der Waals surface area (Å²) in [6, 6.07) is 13.6. The van der Waals surface area contributed by atoms with E-state index in [4.69, 9.17) is 23.2 Å². The number of carboxylic acid groups (broad SMARTS) is 1. The highest BCUT2D eigenvalue weighted by Gasteiger charge is 2.20. The van der Waals surface area contributed by atoms with Crippen molar-refractivity contribution in [2.75, 3.05) is 18.4 Å². The van der Waals surface area contributed by atoms with Crippen LogP contribution in [0.25, 0.3) is 0 Å². The van der Waals surface area contributed by atoms with Crippen LogP contribution in [0.4, 0.5) is 5.69 Å². The van der Waals surface area contributed by atoms with Crippen molar-refractivity contribution in [3.05, 3.63) is 64.1 Å². The first kappa shape index (κ1) is 21.2. The molecule has 1 atom stereocenters. The lowest BCUT2D eigenvalue weighted by Gasteiger charge is -2.15. The number of halogens is 2. The minimum absolute atomic E-state index is 0.200. The van der Waals surface area contributed by atoms with E-state index in [1.165, 1.54) is 6.07 Å². The van der Waals surface area contributed by atoms with E-state index in [-0.39, 0.29) is 6.42 Å². The van der Waals surface area contributed by atoms with Crippen molar-refractivity contribution in [1.29, 1.82) is 0 Å². The predicted octanol–water partition coefficient (Wildman–Crippen LogP) is 3.15. The molecule has 1 amide bonds. The number of carbonyl (C=O) groups is 2. The summed E-state index contributed by atoms with van der Waals surface area (Å²) in [4.78, 5) is 23.5. The molecule has 0 saturated heterocycles. The number of anilines is 1. The van der Waals surface area contributed by atoms with Crippen LogP contribution in [0.2, 0.25) is 10.0 Å². The maximum absolute atomic E-state index is 12.1. The van der Waals surface area contributed by atoms with E-state index in [0.29, 0.717) is 35.4 Å². The summed E-state index contributed by atoms with van der Waals surface area (Å²) in [6.07, 6.45) is -0.200. The third-order valence-corrected chi connectivity index (χ3v) is 4.49. The van der Waals surface area contributed by atoms with Gasteiger partial charge in [0.25, 0.3) is 0 Å². The van der Waals surface area contributed by atoms with Gasteiger partial charge in [-0.1, -0.05) is 53.5 Å². The lowest BCUT2D eigenvalue weighted by atomic mass is 10.2. The summed E-state index contributed by atoms with van der Waals surface area (Å²) >= 11 is 11.7. The van der Waals surface area contributed by atoms with Crippen LogP contribution in [0.1, 0.15) is 12.0 Å². The molecule has 0 bridgehead atoms. The molecule has 2 aromatic carbocycles. The Morgan fingerprint density at radius 1 is 1.00 bits per heavy atom. The molecule has 4 N–H and O–H groups in total. The first-order valence-electron chi connectivity index (χ1n) is 8.41. The van der Waals surface area contributed by atoms with Gasteiger partial charge in [0.15, 0.2) is 0 Å². The average molecular weight is 410 g/mol. The number of amides is 1. The summed E-state index contributed by atoms with van der Waals surface area (Å²) in [5, 5.41) is 18.7. The van der Waals surface area contributed by atoms with E-state index in [2.05, 4.69) is 16.0 Å². The van der Waals surface area contributed by atoms with Crippen molar-refractivity contribution in [2.24, 2.45) is 0 Å². The Hall–Kier alpha value is -2.12. The van der Waals surface area contributed by atoms with E-state index in [1.807, 2.05) is 30.3 Å². The number of carbonyl (C=O) groups excluding carboxylic acids is 1. The van der Waals surface area contributed by atoms with Crippen molar-refractivity contribution in [3.63, 3.8) is 0 Å². The molecule has 2 rings (SSSR count). The molecular weight excluding hydrogens is 389 g/mol. The van der Waals surface area contributed by atoms with Crippen LogP contribution in [0.3, 0.4) is 0 Å². The van der Waals surface area contributed by atoms with E-state index in [1.54, 1.807) is 12.1 Å². The molecule has 0 unspecified atom stereocenters. The zero-order chi connectivity index (χ0) is 19.6. The summed E-state index contributed by atoms with van der Waals surface area (Å²) in [6.45, 7) is 1.69. The average Bonchev–Trinajstić information content (AvgIpc) is 2.64. The van der Waals surface area contributed by atoms with Crippen LogP contribution >= 0.6 is 23.2 Å². The Morgan fingerprint density at radius 2 is 1.74 bits per heavy atom. The summed E-state index contributed by atoms with van der Waals surface area (Å²) in [5.41, 5.74) is 1.61. The zero-order valence-corrected chi connectivity index (χ0v) is 16.1. The fourth-order valence-electron chi connectivity index (χ4n) is 2.38. The number of aliphatic carboxylic acids is 1. The highest BCUT2D eigenvalue weighted by atomic mass is 35.5. The second-order valence-electron chi connectivity index (χ2n) is 5.89. The molecule has 0 radical (unpaired) electrons. The van der Waals surface area contributed by atoms with Gasteiger partial charge in [0.2, 0.25) is 5.91 Å². The normalized spacial score (nSPS) is 11.8. The summed E-state index contributed by atoms with van der Waals surface area (Å²) < 4.78 is 0. The monoisotopic (exact) mass is 409 g/mol. The first-order chi connectivity index (χ1) is 13.0. The van der Waals surface area contributed by atoms with E-state index >= 15 is 0 Å². The van der Waals surface area contributed by atoms with E-state index in [9.17, 15) is 14.7 Å². The topological polar surface area (TPSA) is 90.5 Å². The molecule has 8 heteroatoms. The summed E-state index contributed by atoms with van der Waals surface area (Å²) in [7, 11) is 0. The van der Waals surface area contributed by atoms with Gasteiger partial charge in [0.05, 0.1) is 16.5 Å². The molecule has 0 saturated carbocycles. The largest absolute Gasteiger partial charge is 0.480 e. The minimum Gasteiger partial charge on any atom is -0.480 e. The van der Waals surface area contributed by atoms with Crippen LogP contribution in [0.5, 0.6) is 0 Å². The Labute approximate surface area is 167 Å². The number of carboxylic acids is 1. The third-order valence-electron chi connectivity index (χ3n) is 3.76. The van der Waals surface area contributed by atoms with Crippen LogP contribution < -0.4 is 16.0 Å². The number of hydrogen-bond acceptors (Lipinski definition) is 4. The van der Waals surface area contributed by atoms with Gasteiger partial charge < -0.3 is 21.1 Å². The Morgan fingerprint density at radius 3 is 2.41 bits per heavy atom. The maximum Gasteiger partial charge on any atom is 0.321 e. The van der Waals surface area contributed by atoms with Crippen LogP contribution in [0.15, 0.2) is 48.5 Å². The minimum atomic E-state index is -1.08. The SMILES string of the molecule is O=C(C[C@H](NCCNCc1ccccc1)C(=O)O)Nc1ccc(Cl)c(Cl)c1. The zero-order valence-electron chi connectivity index (χ0n) is 14.5.